The molecule has 5 nitrogen and oxygen atoms in total. The molecule has 1 unspecified atom stereocenters. The minimum Gasteiger partial charge on any atom is -0.354 e. The number of carbonyl (C=O) groups excluding carboxylic acids is 1. The van der Waals surface area contributed by atoms with Gasteiger partial charge in [-0.2, -0.15) is 0 Å². The first-order chi connectivity index (χ1) is 11.0. The van der Waals surface area contributed by atoms with Crippen molar-refractivity contribution in [1.29, 1.82) is 0 Å². The zero-order valence-electron chi connectivity index (χ0n) is 14.1. The van der Waals surface area contributed by atoms with Crippen LogP contribution in [0.1, 0.15) is 44.7 Å². The van der Waals surface area contributed by atoms with Crippen LogP contribution in [0.4, 0.5) is 0 Å². The Labute approximate surface area is 141 Å². The SMILES string of the molecule is CCC(N)(CC)CNC(=O)CSC(C)c1nc2ccccc2[nH]1. The Morgan fingerprint density at radius 3 is 2.74 bits per heavy atom. The number of amides is 1. The number of carbonyl (C=O) groups is 1. The van der Waals surface area contributed by atoms with E-state index in [1.165, 1.54) is 0 Å². The molecule has 1 aromatic carbocycles. The Hall–Kier alpha value is -1.53. The lowest BCUT2D eigenvalue weighted by molar-refractivity contribution is -0.118. The van der Waals surface area contributed by atoms with Crippen molar-refractivity contribution in [2.75, 3.05) is 12.3 Å². The average molecular weight is 334 g/mol. The van der Waals surface area contributed by atoms with E-state index >= 15 is 0 Å². The van der Waals surface area contributed by atoms with Crippen molar-refractivity contribution in [2.24, 2.45) is 5.73 Å². The molecule has 1 atom stereocenters. The van der Waals surface area contributed by atoms with Crippen molar-refractivity contribution in [2.45, 2.75) is 44.4 Å². The number of rotatable bonds is 8. The number of thioether (sulfide) groups is 1. The second kappa shape index (κ2) is 7.84. The van der Waals surface area contributed by atoms with Crippen LogP contribution in [0.5, 0.6) is 0 Å². The number of hydrogen-bond donors (Lipinski definition) is 3. The van der Waals surface area contributed by atoms with Crippen LogP contribution in [0.25, 0.3) is 11.0 Å². The predicted octanol–water partition coefficient (Wildman–Crippen LogP) is 2.99. The number of imidazole rings is 1. The average Bonchev–Trinajstić information content (AvgIpc) is 3.01. The lowest BCUT2D eigenvalue weighted by Crippen LogP contribution is -2.49. The third-order valence-electron chi connectivity index (χ3n) is 4.30. The van der Waals surface area contributed by atoms with Crippen molar-refractivity contribution in [1.82, 2.24) is 15.3 Å². The maximum absolute atomic E-state index is 12.0. The maximum atomic E-state index is 12.0. The van der Waals surface area contributed by atoms with Gasteiger partial charge in [-0.15, -0.1) is 11.8 Å². The molecule has 6 heteroatoms. The minimum absolute atomic E-state index is 0.0229. The standard InChI is InChI=1S/C17H26N4OS/c1-4-17(18,5-2)11-19-15(22)10-23-12(3)16-20-13-8-6-7-9-14(13)21-16/h6-9,12H,4-5,10-11,18H2,1-3H3,(H,19,22)(H,20,21). The number of hydrogen-bond acceptors (Lipinski definition) is 4. The summed E-state index contributed by atoms with van der Waals surface area (Å²) >= 11 is 1.57. The molecule has 0 saturated heterocycles. The van der Waals surface area contributed by atoms with E-state index in [1.54, 1.807) is 11.8 Å². The van der Waals surface area contributed by atoms with Gasteiger partial charge >= 0.3 is 0 Å². The topological polar surface area (TPSA) is 83.8 Å². The Bertz CT molecular complexity index is 618. The van der Waals surface area contributed by atoms with Crippen molar-refractivity contribution in [3.8, 4) is 0 Å². The van der Waals surface area contributed by atoms with E-state index in [2.05, 4.69) is 22.2 Å². The zero-order chi connectivity index (χ0) is 16.9. The Balaban J connectivity index is 1.84. The highest BCUT2D eigenvalue weighted by Gasteiger charge is 2.21. The largest absolute Gasteiger partial charge is 0.354 e. The molecule has 1 heterocycles. The Morgan fingerprint density at radius 1 is 1.39 bits per heavy atom. The number of nitrogens with one attached hydrogen (secondary N) is 2. The van der Waals surface area contributed by atoms with E-state index < -0.39 is 0 Å². The van der Waals surface area contributed by atoms with E-state index in [0.717, 1.165) is 29.7 Å². The maximum Gasteiger partial charge on any atom is 0.230 e. The van der Waals surface area contributed by atoms with Crippen LogP contribution < -0.4 is 11.1 Å². The molecule has 1 amide bonds. The fourth-order valence-corrected chi connectivity index (χ4v) is 3.04. The van der Waals surface area contributed by atoms with E-state index in [9.17, 15) is 4.79 Å². The first-order valence-electron chi connectivity index (χ1n) is 8.09. The summed E-state index contributed by atoms with van der Waals surface area (Å²) in [7, 11) is 0. The Kier molecular flexibility index (Phi) is 6.07. The Morgan fingerprint density at radius 2 is 2.09 bits per heavy atom. The second-order valence-corrected chi connectivity index (χ2v) is 7.27. The quantitative estimate of drug-likeness (QED) is 0.693. The van der Waals surface area contributed by atoms with Crippen LogP contribution >= 0.6 is 11.8 Å². The lowest BCUT2D eigenvalue weighted by atomic mass is 9.94. The van der Waals surface area contributed by atoms with Crippen LogP contribution in [-0.4, -0.2) is 33.7 Å². The van der Waals surface area contributed by atoms with Gasteiger partial charge in [0.05, 0.1) is 22.0 Å². The number of para-hydroxylation sites is 2. The van der Waals surface area contributed by atoms with Gasteiger partial charge in [0.1, 0.15) is 5.82 Å². The summed E-state index contributed by atoms with van der Waals surface area (Å²) in [6.45, 7) is 6.68. The van der Waals surface area contributed by atoms with Crippen LogP contribution in [-0.2, 0) is 4.79 Å². The van der Waals surface area contributed by atoms with Gasteiger partial charge in [0, 0.05) is 12.1 Å². The van der Waals surface area contributed by atoms with E-state index in [4.69, 9.17) is 5.73 Å². The highest BCUT2D eigenvalue weighted by molar-refractivity contribution is 8.00. The van der Waals surface area contributed by atoms with Gasteiger partial charge in [-0.3, -0.25) is 4.79 Å². The van der Waals surface area contributed by atoms with Gasteiger partial charge in [0.2, 0.25) is 5.91 Å². The summed E-state index contributed by atoms with van der Waals surface area (Å²) in [5.41, 5.74) is 7.88. The van der Waals surface area contributed by atoms with Crippen LogP contribution in [0.3, 0.4) is 0 Å². The molecule has 0 spiro atoms. The van der Waals surface area contributed by atoms with E-state index in [1.807, 2.05) is 38.1 Å². The van der Waals surface area contributed by atoms with Gasteiger partial charge < -0.3 is 16.0 Å². The molecule has 0 aliphatic heterocycles. The number of nitrogens with zero attached hydrogens (tertiary/aromatic N) is 1. The molecule has 0 radical (unpaired) electrons. The van der Waals surface area contributed by atoms with Crippen LogP contribution in [0.15, 0.2) is 24.3 Å². The number of benzene rings is 1. The summed E-state index contributed by atoms with van der Waals surface area (Å²) in [5, 5.41) is 3.08. The summed E-state index contributed by atoms with van der Waals surface area (Å²) in [5.74, 6) is 1.33. The second-order valence-electron chi connectivity index (χ2n) is 5.94. The highest BCUT2D eigenvalue weighted by atomic mass is 32.2. The molecule has 0 fully saturated rings. The molecule has 4 N–H and O–H groups in total. The molecule has 0 bridgehead atoms. The lowest BCUT2D eigenvalue weighted by Gasteiger charge is -2.26. The molecule has 0 saturated carbocycles. The molecule has 2 aromatic rings. The molecule has 1 aromatic heterocycles. The van der Waals surface area contributed by atoms with E-state index in [0.29, 0.717) is 12.3 Å². The van der Waals surface area contributed by atoms with Crippen LogP contribution in [0.2, 0.25) is 0 Å². The number of nitrogens with two attached hydrogens (primary N) is 1. The van der Waals surface area contributed by atoms with Crippen LogP contribution in [0, 0.1) is 0 Å². The molecular weight excluding hydrogens is 308 g/mol. The monoisotopic (exact) mass is 334 g/mol. The first-order valence-corrected chi connectivity index (χ1v) is 9.14. The fraction of sp³-hybridized carbons (Fsp3) is 0.529. The molecule has 0 aliphatic carbocycles. The zero-order valence-corrected chi connectivity index (χ0v) is 14.9. The van der Waals surface area contributed by atoms with Gasteiger partial charge in [0.25, 0.3) is 0 Å². The predicted molar refractivity (Wildman–Crippen MR) is 97.5 cm³/mol. The summed E-state index contributed by atoms with van der Waals surface area (Å²) < 4.78 is 0. The molecule has 2 rings (SSSR count). The van der Waals surface area contributed by atoms with Gasteiger partial charge in [-0.1, -0.05) is 26.0 Å². The summed E-state index contributed by atoms with van der Waals surface area (Å²) in [4.78, 5) is 19.9. The summed E-state index contributed by atoms with van der Waals surface area (Å²) in [6, 6.07) is 7.94. The highest BCUT2D eigenvalue weighted by Crippen LogP contribution is 2.27. The minimum atomic E-state index is -0.301. The summed E-state index contributed by atoms with van der Waals surface area (Å²) in [6.07, 6.45) is 1.71. The van der Waals surface area contributed by atoms with Gasteiger partial charge in [-0.25, -0.2) is 4.98 Å². The van der Waals surface area contributed by atoms with Crippen molar-refractivity contribution >= 4 is 28.7 Å². The number of H-pyrrole nitrogens is 1. The molecule has 126 valence electrons. The van der Waals surface area contributed by atoms with Crippen molar-refractivity contribution in [3.63, 3.8) is 0 Å². The fourth-order valence-electron chi connectivity index (χ4n) is 2.27. The normalized spacial score (nSPS) is 13.2. The third-order valence-corrected chi connectivity index (χ3v) is 5.46. The number of aromatic nitrogens is 2. The first kappa shape index (κ1) is 17.8. The molecular formula is C17H26N4OS. The van der Waals surface area contributed by atoms with Gasteiger partial charge in [0.15, 0.2) is 0 Å². The third kappa shape index (κ3) is 4.72. The van der Waals surface area contributed by atoms with E-state index in [-0.39, 0.29) is 16.7 Å². The number of aromatic amines is 1. The van der Waals surface area contributed by atoms with Gasteiger partial charge in [-0.05, 0) is 31.9 Å². The van der Waals surface area contributed by atoms with Crippen molar-refractivity contribution < 1.29 is 4.79 Å². The molecule has 23 heavy (non-hydrogen) atoms. The molecule has 0 aliphatic rings. The number of fused-ring (bicyclic) bond motifs is 1. The smallest absolute Gasteiger partial charge is 0.230 e. The van der Waals surface area contributed by atoms with Crippen molar-refractivity contribution in [3.05, 3.63) is 30.1 Å².